The van der Waals surface area contributed by atoms with Gasteiger partial charge in [0.25, 0.3) is 0 Å². The number of nitrogens with zero attached hydrogens (tertiary/aromatic N) is 3. The molecule has 0 atom stereocenters. The van der Waals surface area contributed by atoms with Crippen molar-refractivity contribution < 1.29 is 14.0 Å². The Morgan fingerprint density at radius 2 is 2.11 bits per heavy atom. The van der Waals surface area contributed by atoms with Crippen LogP contribution in [0.1, 0.15) is 30.2 Å². The molecule has 0 spiro atoms. The summed E-state index contributed by atoms with van der Waals surface area (Å²) in [6, 6.07) is 7.61. The maximum absolute atomic E-state index is 5.95. The van der Waals surface area contributed by atoms with E-state index in [1.165, 1.54) is 12.8 Å². The molecule has 2 heterocycles. The van der Waals surface area contributed by atoms with Gasteiger partial charge in [0.15, 0.2) is 11.5 Å². The van der Waals surface area contributed by atoms with Gasteiger partial charge in [-0.1, -0.05) is 11.2 Å². The number of nitrogens with one attached hydrogen (secondary N) is 1. The van der Waals surface area contributed by atoms with E-state index in [1.807, 2.05) is 24.3 Å². The third-order valence-electron chi connectivity index (χ3n) is 4.45. The lowest BCUT2D eigenvalue weighted by Crippen LogP contribution is -2.02. The zero-order valence-corrected chi connectivity index (χ0v) is 15.2. The molecular formula is C19H21N5O3. The summed E-state index contributed by atoms with van der Waals surface area (Å²) in [4.78, 5) is 8.31. The van der Waals surface area contributed by atoms with Crippen LogP contribution in [0.25, 0.3) is 11.1 Å². The minimum absolute atomic E-state index is 0.214. The molecule has 1 fully saturated rings. The zero-order valence-electron chi connectivity index (χ0n) is 15.2. The first-order valence-electron chi connectivity index (χ1n) is 8.75. The largest absolute Gasteiger partial charge is 0.493 e. The summed E-state index contributed by atoms with van der Waals surface area (Å²) in [5.41, 5.74) is 8.13. The Morgan fingerprint density at radius 3 is 2.85 bits per heavy atom. The highest BCUT2D eigenvalue weighted by Crippen LogP contribution is 2.40. The van der Waals surface area contributed by atoms with E-state index in [0.717, 1.165) is 22.6 Å². The summed E-state index contributed by atoms with van der Waals surface area (Å²) in [7, 11) is 3.39. The molecule has 4 rings (SSSR count). The summed E-state index contributed by atoms with van der Waals surface area (Å²) in [5.74, 6) is 3.55. The molecule has 0 amide bonds. The molecule has 27 heavy (non-hydrogen) atoms. The molecular weight excluding hydrogens is 346 g/mol. The van der Waals surface area contributed by atoms with Crippen LogP contribution in [0.4, 0.5) is 11.8 Å². The van der Waals surface area contributed by atoms with Crippen molar-refractivity contribution >= 4 is 11.8 Å². The molecule has 0 saturated heterocycles. The third kappa shape index (κ3) is 3.64. The van der Waals surface area contributed by atoms with Crippen LogP contribution in [-0.4, -0.2) is 29.3 Å². The molecule has 3 aromatic rings. The van der Waals surface area contributed by atoms with Gasteiger partial charge in [0.1, 0.15) is 23.9 Å². The molecule has 8 nitrogen and oxygen atoms in total. The Balaban J connectivity index is 1.58. The zero-order chi connectivity index (χ0) is 18.8. The van der Waals surface area contributed by atoms with E-state index in [-0.39, 0.29) is 5.95 Å². The molecule has 140 valence electrons. The number of rotatable bonds is 7. The van der Waals surface area contributed by atoms with Crippen LogP contribution in [-0.2, 0) is 6.61 Å². The SMILES string of the molecule is CNc1nc(N)ncc1-c1ccc(OC)c(OCc2cc(C3CC3)on2)c1. The summed E-state index contributed by atoms with van der Waals surface area (Å²) >= 11 is 0. The van der Waals surface area contributed by atoms with Crippen molar-refractivity contribution in [1.82, 2.24) is 15.1 Å². The van der Waals surface area contributed by atoms with Crippen LogP contribution < -0.4 is 20.5 Å². The molecule has 2 aromatic heterocycles. The van der Waals surface area contributed by atoms with E-state index in [9.17, 15) is 0 Å². The monoisotopic (exact) mass is 367 g/mol. The molecule has 1 aromatic carbocycles. The molecule has 0 unspecified atom stereocenters. The second kappa shape index (κ2) is 7.14. The average molecular weight is 367 g/mol. The topological polar surface area (TPSA) is 108 Å². The van der Waals surface area contributed by atoms with Crippen LogP contribution in [0.2, 0.25) is 0 Å². The first-order chi connectivity index (χ1) is 13.2. The van der Waals surface area contributed by atoms with Gasteiger partial charge in [-0.25, -0.2) is 4.98 Å². The molecule has 0 bridgehead atoms. The summed E-state index contributed by atoms with van der Waals surface area (Å²) < 4.78 is 16.7. The summed E-state index contributed by atoms with van der Waals surface area (Å²) in [6.45, 7) is 0.299. The number of nitrogens with two attached hydrogens (primary N) is 1. The van der Waals surface area contributed by atoms with Crippen molar-refractivity contribution in [3.8, 4) is 22.6 Å². The van der Waals surface area contributed by atoms with E-state index >= 15 is 0 Å². The number of anilines is 2. The van der Waals surface area contributed by atoms with Gasteiger partial charge in [0.2, 0.25) is 5.95 Å². The van der Waals surface area contributed by atoms with Crippen LogP contribution in [0.15, 0.2) is 35.0 Å². The number of ether oxygens (including phenoxy) is 2. The van der Waals surface area contributed by atoms with Crippen molar-refractivity contribution in [2.45, 2.75) is 25.4 Å². The van der Waals surface area contributed by atoms with E-state index in [1.54, 1.807) is 20.4 Å². The fourth-order valence-electron chi connectivity index (χ4n) is 2.86. The van der Waals surface area contributed by atoms with Gasteiger partial charge in [0, 0.05) is 30.8 Å². The third-order valence-corrected chi connectivity index (χ3v) is 4.45. The van der Waals surface area contributed by atoms with Crippen molar-refractivity contribution in [2.75, 3.05) is 25.2 Å². The van der Waals surface area contributed by atoms with Crippen molar-refractivity contribution in [1.29, 1.82) is 0 Å². The number of hydrogen-bond donors (Lipinski definition) is 2. The number of nitrogen functional groups attached to an aromatic ring is 1. The van der Waals surface area contributed by atoms with Gasteiger partial charge in [-0.2, -0.15) is 4.98 Å². The second-order valence-corrected chi connectivity index (χ2v) is 6.39. The van der Waals surface area contributed by atoms with Gasteiger partial charge in [-0.15, -0.1) is 0 Å². The van der Waals surface area contributed by atoms with Crippen molar-refractivity contribution in [3.63, 3.8) is 0 Å². The summed E-state index contributed by atoms with van der Waals surface area (Å²) in [6.07, 6.45) is 4.02. The standard InChI is InChI=1S/C19H21N5O3/c1-21-18-14(9-22-19(20)23-18)12-5-6-15(25-2)17(7-12)26-10-13-8-16(27-24-13)11-3-4-11/h5-9,11H,3-4,10H2,1-2H3,(H3,20,21,22,23). The van der Waals surface area contributed by atoms with E-state index in [0.29, 0.717) is 29.8 Å². The molecule has 1 saturated carbocycles. The highest BCUT2D eigenvalue weighted by atomic mass is 16.5. The predicted molar refractivity (Wildman–Crippen MR) is 101 cm³/mol. The Labute approximate surface area is 156 Å². The number of benzene rings is 1. The van der Waals surface area contributed by atoms with Gasteiger partial charge in [0.05, 0.1) is 7.11 Å². The maximum atomic E-state index is 5.95. The van der Waals surface area contributed by atoms with Crippen LogP contribution >= 0.6 is 0 Å². The number of hydrogen-bond acceptors (Lipinski definition) is 8. The second-order valence-electron chi connectivity index (χ2n) is 6.39. The Morgan fingerprint density at radius 1 is 1.26 bits per heavy atom. The first kappa shape index (κ1) is 17.1. The van der Waals surface area contributed by atoms with Gasteiger partial charge in [-0.05, 0) is 30.5 Å². The summed E-state index contributed by atoms with van der Waals surface area (Å²) in [5, 5.41) is 7.12. The fraction of sp³-hybridized carbons (Fsp3) is 0.316. The molecule has 3 N–H and O–H groups in total. The molecule has 0 radical (unpaired) electrons. The number of aromatic nitrogens is 3. The molecule has 8 heteroatoms. The van der Waals surface area contributed by atoms with Gasteiger partial charge in [-0.3, -0.25) is 0 Å². The fourth-order valence-corrected chi connectivity index (χ4v) is 2.86. The smallest absolute Gasteiger partial charge is 0.221 e. The molecule has 0 aliphatic heterocycles. The quantitative estimate of drug-likeness (QED) is 0.655. The highest BCUT2D eigenvalue weighted by molar-refractivity contribution is 5.76. The average Bonchev–Trinajstić information content (AvgIpc) is 3.44. The Bertz CT molecular complexity index is 952. The Hall–Kier alpha value is -3.29. The van der Waals surface area contributed by atoms with E-state index < -0.39 is 0 Å². The van der Waals surface area contributed by atoms with Crippen LogP contribution in [0.3, 0.4) is 0 Å². The van der Waals surface area contributed by atoms with Crippen LogP contribution in [0.5, 0.6) is 11.5 Å². The van der Waals surface area contributed by atoms with E-state index in [2.05, 4.69) is 20.4 Å². The molecule has 1 aliphatic rings. The lowest BCUT2D eigenvalue weighted by Gasteiger charge is -2.13. The first-order valence-corrected chi connectivity index (χ1v) is 8.75. The predicted octanol–water partition coefficient (Wildman–Crippen LogP) is 3.22. The minimum atomic E-state index is 0.214. The molecule has 1 aliphatic carbocycles. The lowest BCUT2D eigenvalue weighted by atomic mass is 10.1. The van der Waals surface area contributed by atoms with Crippen molar-refractivity contribution in [2.24, 2.45) is 0 Å². The Kier molecular flexibility index (Phi) is 4.53. The normalized spacial score (nSPS) is 13.4. The minimum Gasteiger partial charge on any atom is -0.493 e. The highest BCUT2D eigenvalue weighted by Gasteiger charge is 2.27. The van der Waals surface area contributed by atoms with Crippen molar-refractivity contribution in [3.05, 3.63) is 41.9 Å². The van der Waals surface area contributed by atoms with E-state index in [4.69, 9.17) is 19.7 Å². The van der Waals surface area contributed by atoms with Gasteiger partial charge < -0.3 is 25.0 Å². The van der Waals surface area contributed by atoms with Gasteiger partial charge >= 0.3 is 0 Å². The number of methoxy groups -OCH3 is 1. The lowest BCUT2D eigenvalue weighted by molar-refractivity contribution is 0.271. The maximum Gasteiger partial charge on any atom is 0.221 e. The van der Waals surface area contributed by atoms with Crippen LogP contribution in [0, 0.1) is 0 Å².